The summed E-state index contributed by atoms with van der Waals surface area (Å²) in [4.78, 5) is 16.1. The molecule has 0 bridgehead atoms. The zero-order valence-electron chi connectivity index (χ0n) is 18.2. The summed E-state index contributed by atoms with van der Waals surface area (Å²) < 4.78 is 15.5. The number of aliphatic imine (C=N–C) groups is 1. The molecule has 0 saturated heterocycles. The molecule has 0 radical (unpaired) electrons. The summed E-state index contributed by atoms with van der Waals surface area (Å²) in [7, 11) is 4.55. The van der Waals surface area contributed by atoms with Crippen LogP contribution in [0.2, 0.25) is 0 Å². The Bertz CT molecular complexity index is 834. The average Bonchev–Trinajstić information content (AvgIpc) is 3.22. The number of rotatable bonds is 9. The molecule has 0 aliphatic heterocycles. The van der Waals surface area contributed by atoms with Gasteiger partial charge in [0.15, 0.2) is 11.7 Å². The number of guanidine groups is 1. The number of esters is 1. The van der Waals surface area contributed by atoms with E-state index in [1.54, 1.807) is 19.2 Å². The first-order valence-electron chi connectivity index (χ1n) is 9.71. The van der Waals surface area contributed by atoms with Crippen LogP contribution in [0.5, 0.6) is 5.75 Å². The minimum atomic E-state index is -0.440. The van der Waals surface area contributed by atoms with Gasteiger partial charge in [-0.25, -0.2) is 4.79 Å². The second-order valence-corrected chi connectivity index (χ2v) is 6.54. The minimum Gasteiger partial charge on any atom is -0.496 e. The van der Waals surface area contributed by atoms with Crippen molar-refractivity contribution < 1.29 is 18.8 Å². The van der Waals surface area contributed by atoms with Crippen molar-refractivity contribution in [1.82, 2.24) is 15.8 Å². The van der Waals surface area contributed by atoms with Crippen LogP contribution in [0.4, 0.5) is 0 Å². The predicted molar refractivity (Wildman–Crippen MR) is 127 cm³/mol. The standard InChI is InChI=1S/C21H30N4O4.HI/c1-6-15(7-2)18-11-16(29-25-18)13-24-21(22-3)23-12-14-8-9-19(27-4)17(10-14)20(26)28-5;/h8-11,15H,6-7,12-13H2,1-5H3,(H2,22,23,24);1H. The molecular weight excluding hydrogens is 499 g/mol. The van der Waals surface area contributed by atoms with E-state index in [2.05, 4.69) is 34.6 Å². The van der Waals surface area contributed by atoms with Crippen molar-refractivity contribution >= 4 is 35.9 Å². The van der Waals surface area contributed by atoms with Crippen LogP contribution in [0.3, 0.4) is 0 Å². The molecule has 2 rings (SSSR count). The lowest BCUT2D eigenvalue weighted by Gasteiger charge is -2.12. The van der Waals surface area contributed by atoms with Crippen LogP contribution in [0.25, 0.3) is 0 Å². The number of ether oxygens (including phenoxy) is 2. The first-order valence-corrected chi connectivity index (χ1v) is 9.71. The molecule has 1 aromatic carbocycles. The number of carbonyl (C=O) groups excluding carboxylic acids is 1. The van der Waals surface area contributed by atoms with Gasteiger partial charge in [0.05, 0.1) is 26.5 Å². The highest BCUT2D eigenvalue weighted by molar-refractivity contribution is 14.0. The number of aromatic nitrogens is 1. The first kappa shape index (κ1) is 25.7. The van der Waals surface area contributed by atoms with E-state index in [0.29, 0.717) is 36.3 Å². The number of benzene rings is 1. The van der Waals surface area contributed by atoms with Gasteiger partial charge in [-0.05, 0) is 30.5 Å². The van der Waals surface area contributed by atoms with E-state index in [0.717, 1.165) is 29.9 Å². The molecule has 8 nitrogen and oxygen atoms in total. The normalized spacial score (nSPS) is 11.1. The molecule has 1 aromatic heterocycles. The molecule has 166 valence electrons. The topological polar surface area (TPSA) is 98.0 Å². The fourth-order valence-electron chi connectivity index (χ4n) is 3.02. The Morgan fingerprint density at radius 2 is 1.87 bits per heavy atom. The third-order valence-corrected chi connectivity index (χ3v) is 4.76. The second-order valence-electron chi connectivity index (χ2n) is 6.54. The molecular formula is C21H31IN4O4. The van der Waals surface area contributed by atoms with Crippen molar-refractivity contribution in [3.63, 3.8) is 0 Å². The van der Waals surface area contributed by atoms with Crippen LogP contribution in [0, 0.1) is 0 Å². The van der Waals surface area contributed by atoms with Crippen molar-refractivity contribution in [2.45, 2.75) is 45.7 Å². The number of hydrogen-bond donors (Lipinski definition) is 2. The zero-order chi connectivity index (χ0) is 21.2. The lowest BCUT2D eigenvalue weighted by molar-refractivity contribution is 0.0597. The third-order valence-electron chi connectivity index (χ3n) is 4.76. The molecule has 2 aromatic rings. The number of nitrogens with one attached hydrogen (secondary N) is 2. The van der Waals surface area contributed by atoms with Gasteiger partial charge in [0.1, 0.15) is 11.3 Å². The molecule has 0 spiro atoms. The Morgan fingerprint density at radius 1 is 1.17 bits per heavy atom. The van der Waals surface area contributed by atoms with Gasteiger partial charge in [0.25, 0.3) is 0 Å². The summed E-state index contributed by atoms with van der Waals surface area (Å²) in [5.74, 6) is 1.82. The van der Waals surface area contributed by atoms with Crippen LogP contribution < -0.4 is 15.4 Å². The SMILES string of the molecule is CCC(CC)c1cc(CNC(=NC)NCc2ccc(OC)c(C(=O)OC)c2)on1.I. The molecule has 0 aliphatic carbocycles. The maximum absolute atomic E-state index is 11.9. The Hall–Kier alpha value is -2.30. The van der Waals surface area contributed by atoms with Crippen LogP contribution in [0.1, 0.15) is 60.0 Å². The van der Waals surface area contributed by atoms with E-state index in [-0.39, 0.29) is 24.0 Å². The van der Waals surface area contributed by atoms with Gasteiger partial charge in [-0.2, -0.15) is 0 Å². The third kappa shape index (κ3) is 6.89. The van der Waals surface area contributed by atoms with Crippen molar-refractivity contribution in [1.29, 1.82) is 0 Å². The number of nitrogens with zero attached hydrogens (tertiary/aromatic N) is 2. The lowest BCUT2D eigenvalue weighted by atomic mass is 9.99. The zero-order valence-corrected chi connectivity index (χ0v) is 20.5. The van der Waals surface area contributed by atoms with Crippen molar-refractivity contribution in [3.8, 4) is 5.75 Å². The van der Waals surface area contributed by atoms with Crippen molar-refractivity contribution in [2.75, 3.05) is 21.3 Å². The maximum atomic E-state index is 11.9. The van der Waals surface area contributed by atoms with E-state index in [4.69, 9.17) is 14.0 Å². The molecule has 0 saturated carbocycles. The minimum absolute atomic E-state index is 0. The summed E-state index contributed by atoms with van der Waals surface area (Å²) >= 11 is 0. The fraction of sp³-hybridized carbons (Fsp3) is 0.476. The summed E-state index contributed by atoms with van der Waals surface area (Å²) in [6, 6.07) is 7.35. The largest absolute Gasteiger partial charge is 0.496 e. The molecule has 0 fully saturated rings. The molecule has 0 atom stereocenters. The maximum Gasteiger partial charge on any atom is 0.341 e. The molecule has 0 amide bonds. The summed E-state index contributed by atoms with van der Waals surface area (Å²) in [5, 5.41) is 10.6. The van der Waals surface area contributed by atoms with E-state index >= 15 is 0 Å². The highest BCUT2D eigenvalue weighted by Crippen LogP contribution is 2.22. The lowest BCUT2D eigenvalue weighted by Crippen LogP contribution is -2.36. The Labute approximate surface area is 194 Å². The molecule has 0 aliphatic rings. The number of halogens is 1. The molecule has 2 N–H and O–H groups in total. The van der Waals surface area contributed by atoms with Crippen molar-refractivity contribution in [3.05, 3.63) is 46.8 Å². The monoisotopic (exact) mass is 530 g/mol. The van der Waals surface area contributed by atoms with Gasteiger partial charge in [-0.15, -0.1) is 24.0 Å². The number of carbonyl (C=O) groups is 1. The van der Waals surface area contributed by atoms with E-state index in [1.807, 2.05) is 12.1 Å². The predicted octanol–water partition coefficient (Wildman–Crippen LogP) is 3.86. The van der Waals surface area contributed by atoms with Gasteiger partial charge in [-0.3, -0.25) is 4.99 Å². The number of hydrogen-bond acceptors (Lipinski definition) is 6. The Morgan fingerprint density at radius 3 is 2.47 bits per heavy atom. The van der Waals surface area contributed by atoms with E-state index in [9.17, 15) is 4.79 Å². The van der Waals surface area contributed by atoms with E-state index < -0.39 is 5.97 Å². The first-order chi connectivity index (χ1) is 14.1. The van der Waals surface area contributed by atoms with Gasteiger partial charge >= 0.3 is 5.97 Å². The Kier molecular flexibility index (Phi) is 11.2. The average molecular weight is 530 g/mol. The molecule has 9 heteroatoms. The van der Waals surface area contributed by atoms with Gasteiger partial charge in [0, 0.05) is 25.6 Å². The quantitative estimate of drug-likeness (QED) is 0.220. The van der Waals surface area contributed by atoms with Crippen LogP contribution in [-0.2, 0) is 17.8 Å². The highest BCUT2D eigenvalue weighted by Gasteiger charge is 2.15. The molecule has 1 heterocycles. The summed E-state index contributed by atoms with van der Waals surface area (Å²) in [5.41, 5.74) is 2.26. The van der Waals surface area contributed by atoms with Crippen LogP contribution in [-0.4, -0.2) is 38.4 Å². The number of methoxy groups -OCH3 is 2. The van der Waals surface area contributed by atoms with Gasteiger partial charge < -0.3 is 24.6 Å². The highest BCUT2D eigenvalue weighted by atomic mass is 127. The molecule has 30 heavy (non-hydrogen) atoms. The van der Waals surface area contributed by atoms with Gasteiger partial charge in [-0.1, -0.05) is 25.1 Å². The molecule has 0 unspecified atom stereocenters. The van der Waals surface area contributed by atoms with Crippen LogP contribution in [0.15, 0.2) is 33.8 Å². The smallest absolute Gasteiger partial charge is 0.341 e. The van der Waals surface area contributed by atoms with Crippen molar-refractivity contribution in [2.24, 2.45) is 4.99 Å². The summed E-state index contributed by atoms with van der Waals surface area (Å²) in [6.07, 6.45) is 2.07. The van der Waals surface area contributed by atoms with Gasteiger partial charge in [0.2, 0.25) is 0 Å². The fourth-order valence-corrected chi connectivity index (χ4v) is 3.02. The van der Waals surface area contributed by atoms with E-state index in [1.165, 1.54) is 14.2 Å². The second kappa shape index (κ2) is 13.1. The summed E-state index contributed by atoms with van der Waals surface area (Å²) in [6.45, 7) is 5.25. The van der Waals surface area contributed by atoms with Crippen LogP contribution >= 0.6 is 24.0 Å². The Balaban J connectivity index is 0.00000450.